The number of nitrogen functional groups attached to an aromatic ring is 1. The summed E-state index contributed by atoms with van der Waals surface area (Å²) in [5.41, 5.74) is 9.16. The highest BCUT2D eigenvalue weighted by molar-refractivity contribution is 6.30. The lowest BCUT2D eigenvalue weighted by molar-refractivity contribution is 0.577. The van der Waals surface area contributed by atoms with Crippen molar-refractivity contribution >= 4 is 53.1 Å². The predicted octanol–water partition coefficient (Wildman–Crippen LogP) is 5.21. The number of anilines is 1. The number of benzene rings is 2. The second kappa shape index (κ2) is 9.83. The lowest BCUT2D eigenvalue weighted by atomic mass is 10.1. The molecule has 0 aliphatic rings. The molecule has 134 valence electrons. The quantitative estimate of drug-likeness (QED) is 0.620. The standard InChI is InChI=1S/C19H20ClN3.2ClH/c1-13(22-10-9-14-3-2-4-17(20)11-14)16-6-5-15-7-8-19(21)23-18(15)12-16;;/h2-8,11-13,22H,9-10H2,1H3,(H2,21,23);2*1H. The highest BCUT2D eigenvalue weighted by Gasteiger charge is 2.06. The van der Waals surface area contributed by atoms with Crippen LogP contribution in [0, 0.1) is 0 Å². The van der Waals surface area contributed by atoms with E-state index in [1.807, 2.05) is 30.3 Å². The molecule has 1 aromatic heterocycles. The maximum atomic E-state index is 6.01. The fraction of sp³-hybridized carbons (Fsp3) is 0.211. The monoisotopic (exact) mass is 397 g/mol. The van der Waals surface area contributed by atoms with Gasteiger partial charge in [-0.1, -0.05) is 35.9 Å². The van der Waals surface area contributed by atoms with Crippen molar-refractivity contribution in [3.63, 3.8) is 0 Å². The Kier molecular flexibility index (Phi) is 8.46. The molecule has 0 saturated heterocycles. The number of nitrogens with two attached hydrogens (primary N) is 1. The lowest BCUT2D eigenvalue weighted by Gasteiger charge is -2.15. The van der Waals surface area contributed by atoms with Crippen LogP contribution in [0.25, 0.3) is 10.9 Å². The Bertz CT molecular complexity index is 824. The minimum atomic E-state index is 0. The molecule has 3 aromatic rings. The smallest absolute Gasteiger partial charge is 0.124 e. The van der Waals surface area contributed by atoms with E-state index in [4.69, 9.17) is 17.3 Å². The van der Waals surface area contributed by atoms with Gasteiger partial charge in [0.25, 0.3) is 0 Å². The Hall–Kier alpha value is -1.52. The third kappa shape index (κ3) is 5.75. The molecule has 1 unspecified atom stereocenters. The number of pyridine rings is 1. The van der Waals surface area contributed by atoms with Gasteiger partial charge in [0.2, 0.25) is 0 Å². The number of aromatic nitrogens is 1. The summed E-state index contributed by atoms with van der Waals surface area (Å²) in [6.45, 7) is 3.05. The number of halogens is 3. The zero-order valence-corrected chi connectivity index (χ0v) is 16.3. The van der Waals surface area contributed by atoms with Gasteiger partial charge in [0.05, 0.1) is 5.52 Å². The van der Waals surface area contributed by atoms with Gasteiger partial charge in [-0.2, -0.15) is 0 Å². The van der Waals surface area contributed by atoms with Crippen molar-refractivity contribution in [1.29, 1.82) is 0 Å². The fourth-order valence-corrected chi connectivity index (χ4v) is 2.88. The fourth-order valence-electron chi connectivity index (χ4n) is 2.66. The van der Waals surface area contributed by atoms with Crippen molar-refractivity contribution in [3.05, 3.63) is 70.7 Å². The number of nitrogens with one attached hydrogen (secondary N) is 1. The van der Waals surface area contributed by atoms with Crippen LogP contribution in [0.15, 0.2) is 54.6 Å². The largest absolute Gasteiger partial charge is 0.384 e. The summed E-state index contributed by atoms with van der Waals surface area (Å²) in [4.78, 5) is 4.39. The molecule has 6 heteroatoms. The highest BCUT2D eigenvalue weighted by Crippen LogP contribution is 2.20. The van der Waals surface area contributed by atoms with E-state index in [0.29, 0.717) is 5.82 Å². The van der Waals surface area contributed by atoms with Crippen molar-refractivity contribution in [2.45, 2.75) is 19.4 Å². The van der Waals surface area contributed by atoms with Crippen LogP contribution < -0.4 is 11.1 Å². The average molecular weight is 399 g/mol. The molecule has 0 radical (unpaired) electrons. The first-order chi connectivity index (χ1) is 11.1. The summed E-state index contributed by atoms with van der Waals surface area (Å²) in [6.07, 6.45) is 0.948. The zero-order valence-electron chi connectivity index (χ0n) is 13.9. The van der Waals surface area contributed by atoms with E-state index in [0.717, 1.165) is 28.9 Å². The summed E-state index contributed by atoms with van der Waals surface area (Å²) in [6, 6.07) is 18.4. The van der Waals surface area contributed by atoms with Gasteiger partial charge < -0.3 is 11.1 Å². The first kappa shape index (κ1) is 21.5. The van der Waals surface area contributed by atoms with Gasteiger partial charge in [-0.05, 0) is 61.3 Å². The molecular formula is C19H22Cl3N3. The van der Waals surface area contributed by atoms with Crippen molar-refractivity contribution in [2.75, 3.05) is 12.3 Å². The summed E-state index contributed by atoms with van der Waals surface area (Å²) in [5.74, 6) is 0.552. The van der Waals surface area contributed by atoms with Gasteiger partial charge in [0, 0.05) is 16.5 Å². The van der Waals surface area contributed by atoms with Gasteiger partial charge in [0.1, 0.15) is 5.82 Å². The Morgan fingerprint density at radius 1 is 1.08 bits per heavy atom. The lowest BCUT2D eigenvalue weighted by Crippen LogP contribution is -2.21. The number of rotatable bonds is 5. The van der Waals surface area contributed by atoms with Crippen molar-refractivity contribution < 1.29 is 0 Å². The molecule has 3 rings (SSSR count). The normalized spacial score (nSPS) is 11.4. The van der Waals surface area contributed by atoms with E-state index in [1.165, 1.54) is 11.1 Å². The van der Waals surface area contributed by atoms with Crippen LogP contribution in [0.4, 0.5) is 5.82 Å². The minimum Gasteiger partial charge on any atom is -0.384 e. The molecule has 0 saturated carbocycles. The third-order valence-corrected chi connectivity index (χ3v) is 4.23. The predicted molar refractivity (Wildman–Crippen MR) is 112 cm³/mol. The average Bonchev–Trinajstić information content (AvgIpc) is 2.54. The van der Waals surface area contributed by atoms with Gasteiger partial charge in [-0.15, -0.1) is 24.8 Å². The maximum absolute atomic E-state index is 6.01. The summed E-state index contributed by atoms with van der Waals surface area (Å²) < 4.78 is 0. The van der Waals surface area contributed by atoms with Crippen LogP contribution >= 0.6 is 36.4 Å². The van der Waals surface area contributed by atoms with Crippen LogP contribution in [0.2, 0.25) is 5.02 Å². The van der Waals surface area contributed by atoms with Crippen LogP contribution in [-0.2, 0) is 6.42 Å². The summed E-state index contributed by atoms with van der Waals surface area (Å²) in [7, 11) is 0. The van der Waals surface area contributed by atoms with Crippen molar-refractivity contribution in [3.8, 4) is 0 Å². The van der Waals surface area contributed by atoms with Gasteiger partial charge in [-0.3, -0.25) is 0 Å². The molecule has 0 spiro atoms. The van der Waals surface area contributed by atoms with E-state index in [2.05, 4.69) is 41.5 Å². The van der Waals surface area contributed by atoms with Gasteiger partial charge >= 0.3 is 0 Å². The third-order valence-electron chi connectivity index (χ3n) is 3.99. The van der Waals surface area contributed by atoms with E-state index in [9.17, 15) is 0 Å². The van der Waals surface area contributed by atoms with Crippen LogP contribution in [0.1, 0.15) is 24.1 Å². The van der Waals surface area contributed by atoms with Gasteiger partial charge in [-0.25, -0.2) is 4.98 Å². The molecule has 1 heterocycles. The SMILES string of the molecule is CC(NCCc1cccc(Cl)c1)c1ccc2ccc(N)nc2c1.Cl.Cl. The van der Waals surface area contributed by atoms with E-state index in [-0.39, 0.29) is 30.9 Å². The number of fused-ring (bicyclic) bond motifs is 1. The van der Waals surface area contributed by atoms with Crippen LogP contribution in [0.3, 0.4) is 0 Å². The number of nitrogens with zero attached hydrogens (tertiary/aromatic N) is 1. The topological polar surface area (TPSA) is 50.9 Å². The number of hydrogen-bond donors (Lipinski definition) is 2. The van der Waals surface area contributed by atoms with Crippen molar-refractivity contribution in [2.24, 2.45) is 0 Å². The molecule has 0 aliphatic carbocycles. The second-order valence-corrected chi connectivity index (χ2v) is 6.18. The van der Waals surface area contributed by atoms with E-state index >= 15 is 0 Å². The summed E-state index contributed by atoms with van der Waals surface area (Å²) in [5, 5.41) is 5.44. The van der Waals surface area contributed by atoms with E-state index < -0.39 is 0 Å². The molecule has 3 nitrogen and oxygen atoms in total. The summed E-state index contributed by atoms with van der Waals surface area (Å²) >= 11 is 6.01. The molecule has 0 aliphatic heterocycles. The molecule has 1 atom stereocenters. The Morgan fingerprint density at radius 3 is 2.60 bits per heavy atom. The van der Waals surface area contributed by atoms with Crippen LogP contribution in [0.5, 0.6) is 0 Å². The molecule has 2 aromatic carbocycles. The Balaban J connectivity index is 0.00000156. The Labute approximate surface area is 165 Å². The first-order valence-corrected chi connectivity index (χ1v) is 8.13. The maximum Gasteiger partial charge on any atom is 0.124 e. The molecule has 0 amide bonds. The number of hydrogen-bond acceptors (Lipinski definition) is 3. The molecule has 3 N–H and O–H groups in total. The Morgan fingerprint density at radius 2 is 1.84 bits per heavy atom. The second-order valence-electron chi connectivity index (χ2n) is 5.74. The highest BCUT2D eigenvalue weighted by atomic mass is 35.5. The molecule has 25 heavy (non-hydrogen) atoms. The van der Waals surface area contributed by atoms with E-state index in [1.54, 1.807) is 0 Å². The van der Waals surface area contributed by atoms with Crippen LogP contribution in [-0.4, -0.2) is 11.5 Å². The molecule has 0 fully saturated rings. The minimum absolute atomic E-state index is 0. The zero-order chi connectivity index (χ0) is 16.2. The van der Waals surface area contributed by atoms with Gasteiger partial charge in [0.15, 0.2) is 0 Å². The molecular weight excluding hydrogens is 377 g/mol. The molecule has 0 bridgehead atoms. The first-order valence-electron chi connectivity index (χ1n) is 7.76. The van der Waals surface area contributed by atoms with Crippen molar-refractivity contribution in [1.82, 2.24) is 10.3 Å².